The molecule has 0 bridgehead atoms. The van der Waals surface area contributed by atoms with Crippen molar-refractivity contribution < 1.29 is 19.1 Å². The molecule has 0 N–H and O–H groups in total. The highest BCUT2D eigenvalue weighted by Gasteiger charge is 2.30. The number of aryl methyl sites for hydroxylation is 1. The van der Waals surface area contributed by atoms with Crippen molar-refractivity contribution in [2.45, 2.75) is 52.2 Å². The summed E-state index contributed by atoms with van der Waals surface area (Å²) >= 11 is 0. The Morgan fingerprint density at radius 1 is 1.11 bits per heavy atom. The van der Waals surface area contributed by atoms with Crippen molar-refractivity contribution >= 4 is 17.7 Å². The maximum Gasteiger partial charge on any atom is 0.274 e. The van der Waals surface area contributed by atoms with Crippen LogP contribution in [0.2, 0.25) is 0 Å². The summed E-state index contributed by atoms with van der Waals surface area (Å²) in [5.41, 5.74) is 1.77. The van der Waals surface area contributed by atoms with E-state index in [1.165, 1.54) is 0 Å². The molecule has 0 aliphatic carbocycles. The van der Waals surface area contributed by atoms with Gasteiger partial charge in [-0.3, -0.25) is 19.1 Å². The first kappa shape index (κ1) is 24.9. The second kappa shape index (κ2) is 11.5. The Balaban J connectivity index is 1.47. The molecule has 0 radical (unpaired) electrons. The molecule has 9 nitrogen and oxygen atoms in total. The molecule has 1 aromatic carbocycles. The highest BCUT2D eigenvalue weighted by Crippen LogP contribution is 2.19. The van der Waals surface area contributed by atoms with Crippen molar-refractivity contribution in [2.75, 3.05) is 39.4 Å². The quantitative estimate of drug-likeness (QED) is 0.578. The summed E-state index contributed by atoms with van der Waals surface area (Å²) in [4.78, 5) is 44.8. The van der Waals surface area contributed by atoms with E-state index in [0.29, 0.717) is 58.2 Å². The molecule has 1 atom stereocenters. The standard InChI is InChI=1S/C26H35N5O4/c1-3-20(2)30(13-10-24(32)28-14-16-35-17-15-28)25(33)22-18-23-26(34)29(11-7-12-31(23)27-22)19-21-8-5-4-6-9-21/h4-6,8-9,18,20H,3,7,10-17,19H2,1-2H3/t20-/m0/s1. The van der Waals surface area contributed by atoms with E-state index in [0.717, 1.165) is 18.4 Å². The van der Waals surface area contributed by atoms with E-state index < -0.39 is 0 Å². The number of morpholine rings is 1. The van der Waals surface area contributed by atoms with Gasteiger partial charge in [0.1, 0.15) is 5.69 Å². The fraction of sp³-hybridized carbons (Fsp3) is 0.538. The fourth-order valence-electron chi connectivity index (χ4n) is 4.57. The Kier molecular flexibility index (Phi) is 8.17. The molecule has 1 fully saturated rings. The molecule has 188 valence electrons. The SMILES string of the molecule is CC[C@H](C)N(CCC(=O)N1CCOCC1)C(=O)c1cc2n(n1)CCCN(Cc1ccccc1)C2=O. The van der Waals surface area contributed by atoms with Gasteiger partial charge in [0.25, 0.3) is 11.8 Å². The normalized spacial score (nSPS) is 17.0. The van der Waals surface area contributed by atoms with Crippen LogP contribution in [0.3, 0.4) is 0 Å². The van der Waals surface area contributed by atoms with Gasteiger partial charge in [-0.05, 0) is 25.3 Å². The number of aromatic nitrogens is 2. The van der Waals surface area contributed by atoms with Gasteiger partial charge in [0.05, 0.1) is 13.2 Å². The summed E-state index contributed by atoms with van der Waals surface area (Å²) in [6.45, 7) is 8.34. The number of nitrogens with zero attached hydrogens (tertiary/aromatic N) is 5. The molecule has 1 aromatic heterocycles. The number of hydrogen-bond acceptors (Lipinski definition) is 5. The molecular weight excluding hydrogens is 446 g/mol. The summed E-state index contributed by atoms with van der Waals surface area (Å²) in [5.74, 6) is -0.325. The van der Waals surface area contributed by atoms with Crippen LogP contribution in [0.15, 0.2) is 36.4 Å². The number of amides is 3. The maximum atomic E-state index is 13.5. The van der Waals surface area contributed by atoms with Crippen LogP contribution in [0.1, 0.15) is 59.7 Å². The molecule has 0 saturated carbocycles. The molecule has 3 amide bonds. The van der Waals surface area contributed by atoms with Crippen LogP contribution in [0.5, 0.6) is 0 Å². The Labute approximate surface area is 206 Å². The van der Waals surface area contributed by atoms with Crippen molar-refractivity contribution in [3.8, 4) is 0 Å². The highest BCUT2D eigenvalue weighted by atomic mass is 16.5. The van der Waals surface area contributed by atoms with Crippen molar-refractivity contribution in [2.24, 2.45) is 0 Å². The van der Waals surface area contributed by atoms with Gasteiger partial charge >= 0.3 is 0 Å². The monoisotopic (exact) mass is 481 g/mol. The minimum absolute atomic E-state index is 0.0294. The maximum absolute atomic E-state index is 13.5. The Hall–Kier alpha value is -3.20. The molecule has 4 rings (SSSR count). The van der Waals surface area contributed by atoms with Gasteiger partial charge in [0.2, 0.25) is 5.91 Å². The van der Waals surface area contributed by atoms with Crippen molar-refractivity contribution in [3.63, 3.8) is 0 Å². The van der Waals surface area contributed by atoms with Crippen LogP contribution in [-0.2, 0) is 22.6 Å². The van der Waals surface area contributed by atoms with Gasteiger partial charge < -0.3 is 19.4 Å². The molecule has 0 unspecified atom stereocenters. The predicted molar refractivity (Wildman–Crippen MR) is 131 cm³/mol. The second-order valence-electron chi connectivity index (χ2n) is 9.20. The van der Waals surface area contributed by atoms with Crippen molar-refractivity contribution in [1.29, 1.82) is 0 Å². The Morgan fingerprint density at radius 2 is 1.86 bits per heavy atom. The lowest BCUT2D eigenvalue weighted by atomic mass is 10.1. The topological polar surface area (TPSA) is 88.0 Å². The highest BCUT2D eigenvalue weighted by molar-refractivity contribution is 5.98. The van der Waals surface area contributed by atoms with Crippen LogP contribution in [0.25, 0.3) is 0 Å². The van der Waals surface area contributed by atoms with Gasteiger partial charge in [-0.25, -0.2) is 0 Å². The second-order valence-corrected chi connectivity index (χ2v) is 9.20. The molecule has 2 aliphatic rings. The summed E-state index contributed by atoms with van der Waals surface area (Å²) in [6, 6.07) is 11.5. The van der Waals surface area contributed by atoms with Crippen molar-refractivity contribution in [3.05, 3.63) is 53.3 Å². The zero-order valence-corrected chi connectivity index (χ0v) is 20.7. The first-order chi connectivity index (χ1) is 17.0. The first-order valence-corrected chi connectivity index (χ1v) is 12.6. The van der Waals surface area contributed by atoms with Crippen molar-refractivity contribution in [1.82, 2.24) is 24.5 Å². The zero-order valence-electron chi connectivity index (χ0n) is 20.7. The molecule has 9 heteroatoms. The van der Waals surface area contributed by atoms with Crippen LogP contribution in [0.4, 0.5) is 0 Å². The molecule has 3 heterocycles. The van der Waals surface area contributed by atoms with Gasteiger partial charge in [0, 0.05) is 57.8 Å². The van der Waals surface area contributed by atoms with E-state index in [1.54, 1.807) is 20.5 Å². The number of carbonyl (C=O) groups excluding carboxylic acids is 3. The fourth-order valence-corrected chi connectivity index (χ4v) is 4.57. The molecule has 1 saturated heterocycles. The molecule has 0 spiro atoms. The van der Waals surface area contributed by atoms with E-state index in [9.17, 15) is 14.4 Å². The summed E-state index contributed by atoms with van der Waals surface area (Å²) in [7, 11) is 0. The van der Waals surface area contributed by atoms with Crippen LogP contribution >= 0.6 is 0 Å². The molecule has 35 heavy (non-hydrogen) atoms. The van der Waals surface area contributed by atoms with Gasteiger partial charge in [-0.15, -0.1) is 0 Å². The number of ether oxygens (including phenoxy) is 1. The first-order valence-electron chi connectivity index (χ1n) is 12.6. The van der Waals surface area contributed by atoms with Gasteiger partial charge in [-0.1, -0.05) is 37.3 Å². The van der Waals surface area contributed by atoms with Gasteiger partial charge in [-0.2, -0.15) is 5.10 Å². The molecule has 2 aliphatic heterocycles. The van der Waals surface area contributed by atoms with Gasteiger partial charge in [0.15, 0.2) is 5.69 Å². The Bertz CT molecular complexity index is 1030. The van der Waals surface area contributed by atoms with Crippen LogP contribution < -0.4 is 0 Å². The van der Waals surface area contributed by atoms with E-state index in [2.05, 4.69) is 5.10 Å². The third-order valence-corrected chi connectivity index (χ3v) is 6.83. The largest absolute Gasteiger partial charge is 0.378 e. The molecule has 2 aromatic rings. The lowest BCUT2D eigenvalue weighted by Gasteiger charge is -2.30. The number of carbonyl (C=O) groups is 3. The minimum atomic E-state index is -0.239. The lowest BCUT2D eigenvalue weighted by Crippen LogP contribution is -2.44. The number of fused-ring (bicyclic) bond motifs is 1. The third kappa shape index (κ3) is 5.90. The average molecular weight is 482 g/mol. The smallest absolute Gasteiger partial charge is 0.274 e. The zero-order chi connectivity index (χ0) is 24.8. The average Bonchev–Trinajstić information content (AvgIpc) is 3.26. The Morgan fingerprint density at radius 3 is 2.57 bits per heavy atom. The van der Waals surface area contributed by atoms with Crippen LogP contribution in [0, 0.1) is 0 Å². The number of hydrogen-bond donors (Lipinski definition) is 0. The minimum Gasteiger partial charge on any atom is -0.378 e. The van der Waals surface area contributed by atoms with Crippen LogP contribution in [-0.4, -0.2) is 87.6 Å². The lowest BCUT2D eigenvalue weighted by molar-refractivity contribution is -0.135. The predicted octanol–water partition coefficient (Wildman–Crippen LogP) is 2.42. The van der Waals surface area contributed by atoms with E-state index in [-0.39, 0.29) is 35.9 Å². The van der Waals surface area contributed by atoms with E-state index in [4.69, 9.17) is 4.74 Å². The number of benzene rings is 1. The summed E-state index contributed by atoms with van der Waals surface area (Å²) < 4.78 is 6.99. The van der Waals surface area contributed by atoms with E-state index >= 15 is 0 Å². The number of rotatable bonds is 8. The summed E-state index contributed by atoms with van der Waals surface area (Å²) in [6.07, 6.45) is 1.78. The summed E-state index contributed by atoms with van der Waals surface area (Å²) in [5, 5.41) is 4.52. The van der Waals surface area contributed by atoms with E-state index in [1.807, 2.05) is 49.1 Å². The molecular formula is C26H35N5O4. The third-order valence-electron chi connectivity index (χ3n) is 6.83.